The van der Waals surface area contributed by atoms with Crippen molar-refractivity contribution in [2.75, 3.05) is 18.7 Å². The number of aliphatic hydroxyl groups is 2. The third-order valence-corrected chi connectivity index (χ3v) is 3.82. The summed E-state index contributed by atoms with van der Waals surface area (Å²) in [4.78, 5) is 32.8. The van der Waals surface area contributed by atoms with Crippen LogP contribution in [0.1, 0.15) is 0 Å². The van der Waals surface area contributed by atoms with Gasteiger partial charge in [-0.2, -0.15) is 0 Å². The van der Waals surface area contributed by atoms with E-state index in [0.29, 0.717) is 0 Å². The maximum Gasteiger partial charge on any atom is 1.00 e. The Morgan fingerprint density at radius 1 is 1.44 bits per heavy atom. The fourth-order valence-electron chi connectivity index (χ4n) is 2.25. The summed E-state index contributed by atoms with van der Waals surface area (Å²) in [7, 11) is -4.92. The van der Waals surface area contributed by atoms with E-state index in [1.807, 2.05) is 0 Å². The monoisotopic (exact) mass is 391 g/mol. The van der Waals surface area contributed by atoms with Crippen molar-refractivity contribution >= 4 is 24.6 Å². The molecule has 0 amide bonds. The first-order valence-corrected chi connectivity index (χ1v) is 8.06. The SMILES string of the molecule is Nc1ncnc2c1ncn2C1(O)OC[C@H](OCP(=O)([O-])[O-])[C@H]1O.[Na+].[Na+]. The van der Waals surface area contributed by atoms with Gasteiger partial charge in [-0.05, 0) is 7.60 Å². The Bertz CT molecular complexity index is 788. The molecule has 2 aromatic heterocycles. The van der Waals surface area contributed by atoms with Crippen LogP contribution in [0.3, 0.4) is 0 Å². The third kappa shape index (κ3) is 4.61. The third-order valence-electron chi connectivity index (χ3n) is 3.35. The molecule has 1 saturated heterocycles. The van der Waals surface area contributed by atoms with Crippen LogP contribution in [0.2, 0.25) is 0 Å². The first-order chi connectivity index (χ1) is 10.7. The Morgan fingerprint density at radius 3 is 2.76 bits per heavy atom. The van der Waals surface area contributed by atoms with Crippen molar-refractivity contribution in [2.24, 2.45) is 0 Å². The van der Waals surface area contributed by atoms with Crippen LogP contribution in [0.5, 0.6) is 0 Å². The topological polar surface area (TPSA) is 192 Å². The van der Waals surface area contributed by atoms with Crippen LogP contribution in [0.15, 0.2) is 12.7 Å². The Morgan fingerprint density at radius 2 is 2.12 bits per heavy atom. The number of nitrogens with zero attached hydrogens (tertiary/aromatic N) is 4. The molecule has 1 aliphatic heterocycles. The zero-order valence-corrected chi connectivity index (χ0v) is 18.4. The van der Waals surface area contributed by atoms with Gasteiger partial charge in [-0.25, -0.2) is 15.0 Å². The van der Waals surface area contributed by atoms with Gasteiger partial charge in [0.05, 0.1) is 13.0 Å². The van der Waals surface area contributed by atoms with E-state index in [9.17, 15) is 24.6 Å². The van der Waals surface area contributed by atoms with E-state index in [-0.39, 0.29) is 82.7 Å². The molecule has 0 aliphatic carbocycles. The van der Waals surface area contributed by atoms with E-state index in [0.717, 1.165) is 17.2 Å². The van der Waals surface area contributed by atoms with E-state index in [1.165, 1.54) is 0 Å². The number of imidazole rings is 1. The first-order valence-electron chi connectivity index (χ1n) is 6.33. The molecule has 4 N–H and O–H groups in total. The normalized spacial score (nSPS) is 26.2. The standard InChI is InChI=1S/C10H14N5O7P.2Na/c11-8-6-9(13-2-12-8)15(3-14-6)10(17)7(16)5(1-22-10)21-4-23(18,19)20;;/h2-3,5,7,16-17H,1,4H2,(H2,11,12,13)(H2,18,19,20);;/q;2*+1/p-2/t5-,7+,10?;;/m0../s1. The number of nitrogens with two attached hydrogens (primary N) is 1. The quantitative estimate of drug-likeness (QED) is 0.331. The Kier molecular flexibility index (Phi) is 8.01. The minimum absolute atomic E-state index is 0. The number of nitrogen functional groups attached to an aromatic ring is 1. The van der Waals surface area contributed by atoms with Crippen molar-refractivity contribution in [1.29, 1.82) is 0 Å². The molecule has 3 rings (SSSR count). The van der Waals surface area contributed by atoms with Gasteiger partial charge in [0.2, 0.25) is 0 Å². The Balaban J connectivity index is 0.00000156. The summed E-state index contributed by atoms with van der Waals surface area (Å²) < 4.78 is 21.6. The molecule has 3 atom stereocenters. The largest absolute Gasteiger partial charge is 1.00 e. The van der Waals surface area contributed by atoms with Crippen molar-refractivity contribution in [3.8, 4) is 0 Å². The zero-order chi connectivity index (χ0) is 16.8. The minimum Gasteiger partial charge on any atom is -0.809 e. The Labute approximate surface area is 185 Å². The summed E-state index contributed by atoms with van der Waals surface area (Å²) >= 11 is 0. The molecule has 0 bridgehead atoms. The van der Waals surface area contributed by atoms with E-state index in [2.05, 4.69) is 15.0 Å². The second kappa shape index (κ2) is 8.57. The van der Waals surface area contributed by atoms with Gasteiger partial charge in [0.25, 0.3) is 5.91 Å². The van der Waals surface area contributed by atoms with Crippen LogP contribution in [-0.2, 0) is 19.9 Å². The van der Waals surface area contributed by atoms with E-state index < -0.39 is 32.1 Å². The van der Waals surface area contributed by atoms with Crippen molar-refractivity contribution in [3.05, 3.63) is 12.7 Å². The molecule has 3 heterocycles. The number of rotatable bonds is 4. The molecule has 12 nitrogen and oxygen atoms in total. The van der Waals surface area contributed by atoms with Gasteiger partial charge in [0, 0.05) is 0 Å². The van der Waals surface area contributed by atoms with Crippen molar-refractivity contribution in [2.45, 2.75) is 18.1 Å². The van der Waals surface area contributed by atoms with Crippen molar-refractivity contribution < 1.29 is 93.2 Å². The molecule has 126 valence electrons. The van der Waals surface area contributed by atoms with E-state index in [4.69, 9.17) is 15.2 Å². The van der Waals surface area contributed by atoms with Gasteiger partial charge < -0.3 is 39.8 Å². The number of anilines is 1. The summed E-state index contributed by atoms with van der Waals surface area (Å²) in [6, 6.07) is 0. The summed E-state index contributed by atoms with van der Waals surface area (Å²) in [5.41, 5.74) is 5.91. The van der Waals surface area contributed by atoms with Crippen LogP contribution >= 0.6 is 7.60 Å². The summed E-state index contributed by atoms with van der Waals surface area (Å²) in [5, 5.41) is 20.7. The van der Waals surface area contributed by atoms with Gasteiger partial charge in [0.1, 0.15) is 24.3 Å². The number of aliphatic hydroxyl groups excluding tert-OH is 1. The number of ether oxygens (including phenoxy) is 2. The molecule has 1 fully saturated rings. The van der Waals surface area contributed by atoms with Crippen LogP contribution in [0.25, 0.3) is 11.2 Å². The van der Waals surface area contributed by atoms with Crippen LogP contribution in [0.4, 0.5) is 5.82 Å². The first kappa shape index (κ1) is 23.4. The molecule has 1 aliphatic rings. The van der Waals surface area contributed by atoms with Crippen LogP contribution in [-0.4, -0.2) is 54.9 Å². The van der Waals surface area contributed by atoms with Gasteiger partial charge in [0.15, 0.2) is 17.6 Å². The second-order valence-electron chi connectivity index (χ2n) is 4.91. The van der Waals surface area contributed by atoms with Crippen LogP contribution < -0.4 is 74.6 Å². The second-order valence-corrected chi connectivity index (χ2v) is 6.39. The molecular weight excluding hydrogens is 379 g/mol. The average Bonchev–Trinajstić information content (AvgIpc) is 3.01. The number of hydrogen-bond donors (Lipinski definition) is 3. The van der Waals surface area contributed by atoms with Gasteiger partial charge in [-0.15, -0.1) is 0 Å². The molecule has 2 aromatic rings. The molecular formula is C10H12N5Na2O7P. The number of fused-ring (bicyclic) bond motifs is 1. The predicted octanol–water partition coefficient (Wildman–Crippen LogP) is -9.33. The van der Waals surface area contributed by atoms with Gasteiger partial charge in [-0.3, -0.25) is 4.57 Å². The smallest absolute Gasteiger partial charge is 0.809 e. The maximum absolute atomic E-state index is 10.6. The molecule has 0 radical (unpaired) electrons. The number of hydrogen-bond acceptors (Lipinski definition) is 11. The van der Waals surface area contributed by atoms with E-state index in [1.54, 1.807) is 0 Å². The molecule has 15 heteroatoms. The average molecular weight is 391 g/mol. The van der Waals surface area contributed by atoms with E-state index >= 15 is 0 Å². The Hall–Kier alpha value is 0.340. The van der Waals surface area contributed by atoms with Gasteiger partial charge in [-0.1, -0.05) is 0 Å². The maximum atomic E-state index is 10.6. The van der Waals surface area contributed by atoms with Crippen LogP contribution in [0, 0.1) is 0 Å². The molecule has 1 unspecified atom stereocenters. The predicted molar refractivity (Wildman–Crippen MR) is 69.2 cm³/mol. The van der Waals surface area contributed by atoms with Crippen molar-refractivity contribution in [1.82, 2.24) is 19.5 Å². The summed E-state index contributed by atoms with van der Waals surface area (Å²) in [6.07, 6.45) is -1.78. The number of aromatic nitrogens is 4. The molecule has 25 heavy (non-hydrogen) atoms. The molecule has 0 aromatic carbocycles. The zero-order valence-electron chi connectivity index (χ0n) is 13.5. The van der Waals surface area contributed by atoms with Crippen molar-refractivity contribution in [3.63, 3.8) is 0 Å². The summed E-state index contributed by atoms with van der Waals surface area (Å²) in [5.74, 6) is -2.24. The fraction of sp³-hybridized carbons (Fsp3) is 0.500. The molecule has 0 spiro atoms. The molecule has 0 saturated carbocycles. The fourth-order valence-corrected chi connectivity index (χ4v) is 2.62. The minimum atomic E-state index is -4.92. The summed E-state index contributed by atoms with van der Waals surface area (Å²) in [6.45, 7) is -0.349. The van der Waals surface area contributed by atoms with Gasteiger partial charge >= 0.3 is 59.1 Å².